The third-order valence-electron chi connectivity index (χ3n) is 2.67. The van der Waals surface area contributed by atoms with Crippen LogP contribution in [-0.2, 0) is 11.2 Å². The van der Waals surface area contributed by atoms with Gasteiger partial charge in [0.2, 0.25) is 0 Å². The third kappa shape index (κ3) is 2.13. The molecule has 0 fully saturated rings. The fraction of sp³-hybridized carbons (Fsp3) is 0.417. The molecule has 2 rings (SSSR count). The van der Waals surface area contributed by atoms with E-state index in [0.29, 0.717) is 0 Å². The maximum absolute atomic E-state index is 10.7. The molecule has 0 aliphatic heterocycles. The van der Waals surface area contributed by atoms with Gasteiger partial charge in [0.1, 0.15) is 11.5 Å². The van der Waals surface area contributed by atoms with E-state index in [-0.39, 0.29) is 12.3 Å². The van der Waals surface area contributed by atoms with E-state index in [1.54, 1.807) is 6.20 Å². The standard InChI is InChI=1S/C12H15N3O2/c1-6(2)11-14-7(3)10-8(4-9(16)17)5-13-12(10)15-11/h5-6H,4H2,1-3H3,(H,16,17)(H,13,14,15). The van der Waals surface area contributed by atoms with Gasteiger partial charge < -0.3 is 10.1 Å². The Labute approximate surface area is 98.9 Å². The lowest BCUT2D eigenvalue weighted by molar-refractivity contribution is -0.136. The van der Waals surface area contributed by atoms with Crippen LogP contribution in [0.2, 0.25) is 0 Å². The van der Waals surface area contributed by atoms with Crippen molar-refractivity contribution < 1.29 is 9.90 Å². The molecule has 0 aliphatic rings. The highest BCUT2D eigenvalue weighted by atomic mass is 16.4. The van der Waals surface area contributed by atoms with E-state index in [2.05, 4.69) is 15.0 Å². The van der Waals surface area contributed by atoms with Gasteiger partial charge in [0, 0.05) is 17.5 Å². The summed E-state index contributed by atoms with van der Waals surface area (Å²) in [5.41, 5.74) is 2.29. The Morgan fingerprint density at radius 3 is 2.76 bits per heavy atom. The summed E-state index contributed by atoms with van der Waals surface area (Å²) >= 11 is 0. The smallest absolute Gasteiger partial charge is 0.307 e. The largest absolute Gasteiger partial charge is 0.481 e. The predicted molar refractivity (Wildman–Crippen MR) is 64.1 cm³/mol. The number of hydrogen-bond acceptors (Lipinski definition) is 3. The monoisotopic (exact) mass is 233 g/mol. The Hall–Kier alpha value is -1.91. The van der Waals surface area contributed by atoms with Crippen LogP contribution >= 0.6 is 0 Å². The number of nitrogens with one attached hydrogen (secondary N) is 1. The van der Waals surface area contributed by atoms with E-state index < -0.39 is 5.97 Å². The molecule has 17 heavy (non-hydrogen) atoms. The van der Waals surface area contributed by atoms with Gasteiger partial charge in [0.25, 0.3) is 0 Å². The van der Waals surface area contributed by atoms with Crippen LogP contribution in [-0.4, -0.2) is 26.0 Å². The fourth-order valence-corrected chi connectivity index (χ4v) is 1.87. The van der Waals surface area contributed by atoms with Crippen LogP contribution in [0.5, 0.6) is 0 Å². The lowest BCUT2D eigenvalue weighted by Crippen LogP contribution is -2.02. The molecule has 0 aromatic carbocycles. The van der Waals surface area contributed by atoms with E-state index >= 15 is 0 Å². The van der Waals surface area contributed by atoms with Crippen LogP contribution in [0.15, 0.2) is 6.20 Å². The Bertz CT molecular complexity index is 572. The van der Waals surface area contributed by atoms with Gasteiger partial charge in [-0.25, -0.2) is 9.97 Å². The molecule has 0 atom stereocenters. The van der Waals surface area contributed by atoms with E-state index in [9.17, 15) is 4.79 Å². The highest BCUT2D eigenvalue weighted by Crippen LogP contribution is 2.22. The topological polar surface area (TPSA) is 78.9 Å². The SMILES string of the molecule is Cc1nc(C(C)C)nc2[nH]cc(CC(=O)O)c12. The number of aryl methyl sites for hydroxylation is 1. The fourth-order valence-electron chi connectivity index (χ4n) is 1.87. The van der Waals surface area contributed by atoms with Crippen molar-refractivity contribution in [3.63, 3.8) is 0 Å². The van der Waals surface area contributed by atoms with Crippen LogP contribution in [0, 0.1) is 6.92 Å². The lowest BCUT2D eigenvalue weighted by atomic mass is 10.1. The summed E-state index contributed by atoms with van der Waals surface area (Å²) in [4.78, 5) is 22.6. The summed E-state index contributed by atoms with van der Waals surface area (Å²) in [5.74, 6) is 0.182. The average Bonchev–Trinajstić information content (AvgIpc) is 2.60. The number of nitrogens with zero attached hydrogens (tertiary/aromatic N) is 2. The van der Waals surface area contributed by atoms with Gasteiger partial charge >= 0.3 is 5.97 Å². The Balaban J connectivity index is 2.58. The molecule has 0 unspecified atom stereocenters. The molecule has 0 spiro atoms. The van der Waals surface area contributed by atoms with Crippen LogP contribution in [0.4, 0.5) is 0 Å². The van der Waals surface area contributed by atoms with Gasteiger partial charge in [0.05, 0.1) is 12.1 Å². The van der Waals surface area contributed by atoms with Gasteiger partial charge in [-0.1, -0.05) is 13.8 Å². The number of aromatic amines is 1. The van der Waals surface area contributed by atoms with Gasteiger partial charge in [-0.15, -0.1) is 0 Å². The number of carbonyl (C=O) groups is 1. The number of fused-ring (bicyclic) bond motifs is 1. The molecule has 0 saturated carbocycles. The minimum Gasteiger partial charge on any atom is -0.481 e. The molecule has 2 aromatic rings. The van der Waals surface area contributed by atoms with Crippen molar-refractivity contribution >= 4 is 17.0 Å². The predicted octanol–water partition coefficient (Wildman–Crippen LogP) is 2.02. The van der Waals surface area contributed by atoms with Crippen molar-refractivity contribution in [3.8, 4) is 0 Å². The molecule has 90 valence electrons. The molecule has 0 saturated heterocycles. The first-order valence-electron chi connectivity index (χ1n) is 5.55. The van der Waals surface area contributed by atoms with Crippen molar-refractivity contribution in [1.82, 2.24) is 15.0 Å². The molecule has 0 amide bonds. The highest BCUT2D eigenvalue weighted by Gasteiger charge is 2.14. The van der Waals surface area contributed by atoms with E-state index in [1.807, 2.05) is 20.8 Å². The van der Waals surface area contributed by atoms with Crippen molar-refractivity contribution in [2.45, 2.75) is 33.1 Å². The first kappa shape index (κ1) is 11.6. The van der Waals surface area contributed by atoms with Crippen molar-refractivity contribution in [2.75, 3.05) is 0 Å². The number of carboxylic acid groups (broad SMARTS) is 1. The summed E-state index contributed by atoms with van der Waals surface area (Å²) in [5, 5.41) is 9.65. The maximum atomic E-state index is 10.7. The molecule has 2 N–H and O–H groups in total. The summed E-state index contributed by atoms with van der Waals surface area (Å²) in [6.45, 7) is 5.94. The number of hydrogen-bond donors (Lipinski definition) is 2. The summed E-state index contributed by atoms with van der Waals surface area (Å²) in [6.07, 6.45) is 1.69. The van der Waals surface area contributed by atoms with Crippen LogP contribution < -0.4 is 0 Å². The Morgan fingerprint density at radius 1 is 1.47 bits per heavy atom. The van der Waals surface area contributed by atoms with Gasteiger partial charge in [-0.05, 0) is 12.5 Å². The molecule has 2 heterocycles. The first-order chi connectivity index (χ1) is 7.99. The van der Waals surface area contributed by atoms with E-state index in [1.165, 1.54) is 0 Å². The lowest BCUT2D eigenvalue weighted by Gasteiger charge is -2.06. The third-order valence-corrected chi connectivity index (χ3v) is 2.67. The maximum Gasteiger partial charge on any atom is 0.307 e. The second-order valence-electron chi connectivity index (χ2n) is 4.43. The second kappa shape index (κ2) is 4.16. The highest BCUT2D eigenvalue weighted by molar-refractivity contribution is 5.86. The molecule has 0 bridgehead atoms. The minimum atomic E-state index is -0.849. The molecular formula is C12H15N3O2. The summed E-state index contributed by atoms with van der Waals surface area (Å²) < 4.78 is 0. The molecular weight excluding hydrogens is 218 g/mol. The molecule has 0 radical (unpaired) electrons. The number of carboxylic acids is 1. The van der Waals surface area contributed by atoms with Crippen molar-refractivity contribution in [1.29, 1.82) is 0 Å². The number of H-pyrrole nitrogens is 1. The molecule has 0 aliphatic carbocycles. The zero-order valence-corrected chi connectivity index (χ0v) is 10.1. The summed E-state index contributed by atoms with van der Waals surface area (Å²) in [7, 11) is 0. The van der Waals surface area contributed by atoms with Crippen LogP contribution in [0.25, 0.3) is 11.0 Å². The van der Waals surface area contributed by atoms with Gasteiger partial charge in [-0.2, -0.15) is 0 Å². The minimum absolute atomic E-state index is 0.00871. The normalized spacial score (nSPS) is 11.3. The Morgan fingerprint density at radius 2 is 2.18 bits per heavy atom. The Kier molecular flexibility index (Phi) is 2.83. The second-order valence-corrected chi connectivity index (χ2v) is 4.43. The molecule has 2 aromatic heterocycles. The first-order valence-corrected chi connectivity index (χ1v) is 5.55. The number of aromatic nitrogens is 3. The molecule has 5 heteroatoms. The van der Waals surface area contributed by atoms with Gasteiger partial charge in [-0.3, -0.25) is 4.79 Å². The zero-order chi connectivity index (χ0) is 12.6. The van der Waals surface area contributed by atoms with Crippen LogP contribution in [0.3, 0.4) is 0 Å². The van der Waals surface area contributed by atoms with E-state index in [4.69, 9.17) is 5.11 Å². The number of rotatable bonds is 3. The number of aliphatic carboxylic acids is 1. The van der Waals surface area contributed by atoms with Crippen molar-refractivity contribution in [3.05, 3.63) is 23.3 Å². The summed E-state index contributed by atoms with van der Waals surface area (Å²) in [6, 6.07) is 0. The average molecular weight is 233 g/mol. The zero-order valence-electron chi connectivity index (χ0n) is 10.1. The molecule has 5 nitrogen and oxygen atoms in total. The van der Waals surface area contributed by atoms with Gasteiger partial charge in [0.15, 0.2) is 0 Å². The van der Waals surface area contributed by atoms with Crippen molar-refractivity contribution in [2.24, 2.45) is 0 Å². The van der Waals surface area contributed by atoms with E-state index in [0.717, 1.165) is 28.1 Å². The quantitative estimate of drug-likeness (QED) is 0.850. The van der Waals surface area contributed by atoms with Crippen LogP contribution in [0.1, 0.15) is 36.8 Å².